The fraction of sp³-hybridized carbons (Fsp3) is 0.444. The molecule has 2 aromatic carbocycles. The van der Waals surface area contributed by atoms with Crippen molar-refractivity contribution in [3.05, 3.63) is 51.4 Å². The number of hydrogen-bond acceptors (Lipinski definition) is 6. The predicted molar refractivity (Wildman–Crippen MR) is 146 cm³/mol. The molecule has 7 nitrogen and oxygen atoms in total. The Kier molecular flexibility index (Phi) is 6.84. The van der Waals surface area contributed by atoms with Crippen molar-refractivity contribution in [2.45, 2.75) is 57.2 Å². The first-order valence-electron chi connectivity index (χ1n) is 12.5. The molecule has 0 bridgehead atoms. The Labute approximate surface area is 228 Å². The topological polar surface area (TPSA) is 67.7 Å². The highest BCUT2D eigenvalue weighted by molar-refractivity contribution is 7.99. The second-order valence-electron chi connectivity index (χ2n) is 10.8. The molecule has 0 spiro atoms. The molecular weight excluding hydrogens is 534 g/mol. The van der Waals surface area contributed by atoms with Crippen LogP contribution in [0.3, 0.4) is 0 Å². The average molecular weight is 563 g/mol. The van der Waals surface area contributed by atoms with Crippen LogP contribution >= 0.6 is 23.4 Å². The normalized spacial score (nSPS) is 19.7. The maximum Gasteiger partial charge on any atom is 0.410 e. The number of carbonyl (C=O) groups is 1. The van der Waals surface area contributed by atoms with E-state index in [4.69, 9.17) is 16.3 Å². The highest BCUT2D eigenvalue weighted by Crippen LogP contribution is 2.48. The number of carbonyl (C=O) groups excluding carboxylic acids is 1. The highest BCUT2D eigenvalue weighted by atomic mass is 35.5. The summed E-state index contributed by atoms with van der Waals surface area (Å²) < 4.78 is 35.7. The molecule has 2 aliphatic heterocycles. The summed E-state index contributed by atoms with van der Waals surface area (Å²) in [6.45, 7) is 10.6. The summed E-state index contributed by atoms with van der Waals surface area (Å²) in [7, 11) is 0. The van der Waals surface area contributed by atoms with Gasteiger partial charge in [-0.05, 0) is 52.8 Å². The van der Waals surface area contributed by atoms with Crippen LogP contribution in [0.5, 0.6) is 0 Å². The van der Waals surface area contributed by atoms with E-state index in [2.05, 4.69) is 4.98 Å². The van der Waals surface area contributed by atoms with Crippen LogP contribution < -0.4 is 10.6 Å². The number of nitrogens with zero attached hydrogens (tertiary/aromatic N) is 4. The summed E-state index contributed by atoms with van der Waals surface area (Å²) in [5.41, 5.74) is 0.231. The Morgan fingerprint density at radius 1 is 1.16 bits per heavy atom. The maximum absolute atomic E-state index is 14.9. The van der Waals surface area contributed by atoms with E-state index in [-0.39, 0.29) is 28.8 Å². The molecule has 5 rings (SSSR count). The van der Waals surface area contributed by atoms with Crippen LogP contribution in [0.4, 0.5) is 19.4 Å². The monoisotopic (exact) mass is 562 g/mol. The third kappa shape index (κ3) is 4.73. The van der Waals surface area contributed by atoms with E-state index in [1.807, 2.05) is 39.5 Å². The number of benzene rings is 2. The lowest BCUT2D eigenvalue weighted by atomic mass is 10.0. The molecule has 38 heavy (non-hydrogen) atoms. The molecule has 1 amide bonds. The molecule has 0 aliphatic carbocycles. The average Bonchev–Trinajstić information content (AvgIpc) is 2.81. The minimum absolute atomic E-state index is 0.141. The minimum atomic E-state index is -0.725. The van der Waals surface area contributed by atoms with E-state index in [0.717, 1.165) is 6.07 Å². The molecule has 3 heterocycles. The van der Waals surface area contributed by atoms with Crippen molar-refractivity contribution in [3.8, 4) is 11.1 Å². The number of ether oxygens (including phenoxy) is 1. The van der Waals surface area contributed by atoms with Crippen molar-refractivity contribution >= 4 is 46.2 Å². The third-order valence-electron chi connectivity index (χ3n) is 6.76. The van der Waals surface area contributed by atoms with Crippen molar-refractivity contribution in [1.82, 2.24) is 14.5 Å². The smallest absolute Gasteiger partial charge is 0.410 e. The summed E-state index contributed by atoms with van der Waals surface area (Å²) in [4.78, 5) is 34.8. The van der Waals surface area contributed by atoms with Gasteiger partial charge in [0.15, 0.2) is 0 Å². The quantitative estimate of drug-likeness (QED) is 0.375. The first-order valence-corrected chi connectivity index (χ1v) is 13.8. The number of amides is 1. The minimum Gasteiger partial charge on any atom is -0.444 e. The molecule has 0 saturated carbocycles. The summed E-state index contributed by atoms with van der Waals surface area (Å²) in [6, 6.07) is 4.80. The molecule has 1 aromatic heterocycles. The van der Waals surface area contributed by atoms with Gasteiger partial charge in [0.2, 0.25) is 0 Å². The number of aromatic nitrogens is 2. The summed E-state index contributed by atoms with van der Waals surface area (Å²) in [6.07, 6.45) is -0.381. The van der Waals surface area contributed by atoms with Gasteiger partial charge in [-0.15, -0.1) is 11.8 Å². The Hall–Kier alpha value is -2.85. The molecule has 1 unspecified atom stereocenters. The molecule has 3 aromatic rings. The molecule has 0 N–H and O–H groups in total. The Bertz CT molecular complexity index is 1510. The molecule has 0 radical (unpaired) electrons. The van der Waals surface area contributed by atoms with E-state index in [1.165, 1.54) is 23.9 Å². The van der Waals surface area contributed by atoms with E-state index < -0.39 is 22.9 Å². The lowest BCUT2D eigenvalue weighted by Gasteiger charge is -2.41. The van der Waals surface area contributed by atoms with Crippen molar-refractivity contribution in [1.29, 1.82) is 0 Å². The molecule has 2 atom stereocenters. The van der Waals surface area contributed by atoms with Gasteiger partial charge >= 0.3 is 11.8 Å². The van der Waals surface area contributed by atoms with Crippen LogP contribution in [-0.2, 0) is 4.74 Å². The third-order valence-corrected chi connectivity index (χ3v) is 8.39. The fourth-order valence-corrected chi connectivity index (χ4v) is 6.71. The van der Waals surface area contributed by atoms with E-state index in [0.29, 0.717) is 52.6 Å². The molecule has 202 valence electrons. The van der Waals surface area contributed by atoms with Crippen molar-refractivity contribution in [2.75, 3.05) is 30.3 Å². The highest BCUT2D eigenvalue weighted by Gasteiger charge is 2.34. The van der Waals surface area contributed by atoms with Crippen LogP contribution in [0.25, 0.3) is 22.0 Å². The van der Waals surface area contributed by atoms with Crippen LogP contribution in [-0.4, -0.2) is 57.6 Å². The fourth-order valence-electron chi connectivity index (χ4n) is 5.08. The Morgan fingerprint density at radius 3 is 2.55 bits per heavy atom. The second-order valence-corrected chi connectivity index (χ2v) is 12.2. The summed E-state index contributed by atoms with van der Waals surface area (Å²) in [5.74, 6) is -0.358. The van der Waals surface area contributed by atoms with Gasteiger partial charge in [-0.25, -0.2) is 18.4 Å². The number of piperazine rings is 1. The zero-order chi connectivity index (χ0) is 27.5. The molecule has 1 fully saturated rings. The lowest BCUT2D eigenvalue weighted by molar-refractivity contribution is 0.0218. The van der Waals surface area contributed by atoms with Crippen LogP contribution in [0.2, 0.25) is 5.02 Å². The largest absolute Gasteiger partial charge is 0.444 e. The van der Waals surface area contributed by atoms with Crippen LogP contribution in [0.15, 0.2) is 34.0 Å². The number of anilines is 1. The van der Waals surface area contributed by atoms with Gasteiger partial charge in [-0.1, -0.05) is 11.6 Å². The number of thioether (sulfide) groups is 1. The maximum atomic E-state index is 14.9. The summed E-state index contributed by atoms with van der Waals surface area (Å²) >= 11 is 8.27. The number of halogens is 3. The second kappa shape index (κ2) is 9.72. The number of rotatable bonds is 2. The van der Waals surface area contributed by atoms with Gasteiger partial charge in [0.1, 0.15) is 23.1 Å². The molecule has 1 saturated heterocycles. The van der Waals surface area contributed by atoms with Crippen LogP contribution in [0.1, 0.15) is 40.7 Å². The van der Waals surface area contributed by atoms with Crippen molar-refractivity contribution in [2.24, 2.45) is 0 Å². The van der Waals surface area contributed by atoms with Crippen molar-refractivity contribution < 1.29 is 18.3 Å². The first-order chi connectivity index (χ1) is 17.9. The van der Waals surface area contributed by atoms with Crippen LogP contribution in [0, 0.1) is 11.6 Å². The van der Waals surface area contributed by atoms with Gasteiger partial charge in [0, 0.05) is 64.9 Å². The Balaban J connectivity index is 1.63. The van der Waals surface area contributed by atoms with Gasteiger partial charge in [0.05, 0.1) is 10.5 Å². The van der Waals surface area contributed by atoms with Gasteiger partial charge in [-0.3, -0.25) is 4.57 Å². The SMILES string of the molecule is CC1CN(C(=O)OC(C)(C)C)CCN1c1nc(=O)n2c3c(c(-c4ccc(F)cc4F)c(Cl)cc13)SC[C@H]2C. The van der Waals surface area contributed by atoms with Gasteiger partial charge < -0.3 is 14.5 Å². The van der Waals surface area contributed by atoms with Crippen molar-refractivity contribution in [3.63, 3.8) is 0 Å². The number of hydrogen-bond donors (Lipinski definition) is 0. The lowest BCUT2D eigenvalue weighted by Crippen LogP contribution is -2.55. The first kappa shape index (κ1) is 26.7. The molecular formula is C27H29ClF2N4O3S. The zero-order valence-corrected chi connectivity index (χ0v) is 23.4. The molecule has 2 aliphatic rings. The Morgan fingerprint density at radius 2 is 1.89 bits per heavy atom. The molecule has 11 heteroatoms. The predicted octanol–water partition coefficient (Wildman–Crippen LogP) is 6.11. The van der Waals surface area contributed by atoms with Gasteiger partial charge in [0.25, 0.3) is 0 Å². The van der Waals surface area contributed by atoms with E-state index >= 15 is 0 Å². The standard InChI is InChI=1S/C27H29ClF2N4O3S/c1-14-12-32(26(36)37-27(3,4)5)8-9-33(14)24-18-11-19(28)21(17-7-6-16(29)10-20(17)30)23-22(18)34(25(35)31-24)15(2)13-38-23/h6-7,10-11,14-15H,8-9,12-13H2,1-5H3/t14?,15-/m1/s1. The van der Waals surface area contributed by atoms with E-state index in [1.54, 1.807) is 15.5 Å². The van der Waals surface area contributed by atoms with Gasteiger partial charge in [-0.2, -0.15) is 4.98 Å². The van der Waals surface area contributed by atoms with E-state index in [9.17, 15) is 18.4 Å². The zero-order valence-electron chi connectivity index (χ0n) is 21.8. The summed E-state index contributed by atoms with van der Waals surface area (Å²) in [5, 5.41) is 0.959.